The highest BCUT2D eigenvalue weighted by atomic mass is 16.5. The molecule has 6 heteroatoms. The van der Waals surface area contributed by atoms with Crippen LogP contribution < -0.4 is 0 Å². The summed E-state index contributed by atoms with van der Waals surface area (Å²) in [4.78, 5) is 16.9. The lowest BCUT2D eigenvalue weighted by Crippen LogP contribution is -2.52. The number of terminal acetylenes is 1. The Hall–Kier alpha value is -2.23. The highest BCUT2D eigenvalue weighted by Gasteiger charge is 2.40. The highest BCUT2D eigenvalue weighted by molar-refractivity contribution is 5.76. The minimum atomic E-state index is -0.403. The monoisotopic (exact) mass is 382 g/mol. The zero-order valence-electron chi connectivity index (χ0n) is 16.9. The van der Waals surface area contributed by atoms with Crippen molar-refractivity contribution in [1.82, 2.24) is 9.80 Å². The zero-order chi connectivity index (χ0) is 20.0. The second-order valence-electron chi connectivity index (χ2n) is 7.76. The van der Waals surface area contributed by atoms with Crippen LogP contribution >= 0.6 is 0 Å². The van der Waals surface area contributed by atoms with Crippen molar-refractivity contribution in [3.63, 3.8) is 0 Å². The van der Waals surface area contributed by atoms with Crippen LogP contribution in [0.1, 0.15) is 38.2 Å². The van der Waals surface area contributed by atoms with Gasteiger partial charge in [-0.1, -0.05) is 30.3 Å². The van der Waals surface area contributed by atoms with E-state index >= 15 is 0 Å². The van der Waals surface area contributed by atoms with E-state index < -0.39 is 5.66 Å². The standard InChI is InChI=1S/C22H30N4O2/c1-4-5-12-22(23-24-22)13-11-21(27)25(3)18(2)20-17-26(14-15-28-20)16-19-9-7-6-8-10-19/h1,6-10,18,20H,5,11-17H2,2-3H3. The molecular formula is C22H30N4O2. The predicted molar refractivity (Wildman–Crippen MR) is 109 cm³/mol. The van der Waals surface area contributed by atoms with Crippen LogP contribution in [-0.2, 0) is 16.1 Å². The third-order valence-corrected chi connectivity index (χ3v) is 5.76. The molecule has 28 heavy (non-hydrogen) atoms. The topological polar surface area (TPSA) is 57.5 Å². The number of hydrogen-bond acceptors (Lipinski definition) is 5. The van der Waals surface area contributed by atoms with Gasteiger partial charge < -0.3 is 9.64 Å². The molecule has 2 aliphatic heterocycles. The van der Waals surface area contributed by atoms with E-state index in [4.69, 9.17) is 11.2 Å². The van der Waals surface area contributed by atoms with Crippen LogP contribution in [0.5, 0.6) is 0 Å². The number of amides is 1. The summed E-state index contributed by atoms with van der Waals surface area (Å²) in [6.45, 7) is 5.40. The summed E-state index contributed by atoms with van der Waals surface area (Å²) in [5.41, 5.74) is 0.898. The van der Waals surface area contributed by atoms with Crippen LogP contribution in [0.15, 0.2) is 40.6 Å². The van der Waals surface area contributed by atoms with Gasteiger partial charge in [-0.25, -0.2) is 0 Å². The van der Waals surface area contributed by atoms with Crippen LogP contribution in [0.3, 0.4) is 0 Å². The fourth-order valence-corrected chi connectivity index (χ4v) is 3.64. The second-order valence-corrected chi connectivity index (χ2v) is 7.76. The van der Waals surface area contributed by atoms with Gasteiger partial charge >= 0.3 is 0 Å². The number of carbonyl (C=O) groups is 1. The summed E-state index contributed by atoms with van der Waals surface area (Å²) in [7, 11) is 1.86. The summed E-state index contributed by atoms with van der Waals surface area (Å²) >= 11 is 0. The number of morpholine rings is 1. The summed E-state index contributed by atoms with van der Waals surface area (Å²) in [6, 6.07) is 10.5. The Labute approximate surface area is 167 Å². The third-order valence-electron chi connectivity index (χ3n) is 5.76. The Balaban J connectivity index is 1.47. The van der Waals surface area contributed by atoms with Gasteiger partial charge in [0.25, 0.3) is 0 Å². The number of nitrogens with zero attached hydrogens (tertiary/aromatic N) is 4. The van der Waals surface area contributed by atoms with Crippen molar-refractivity contribution in [1.29, 1.82) is 0 Å². The Morgan fingerprint density at radius 2 is 2.14 bits per heavy atom. The molecule has 0 spiro atoms. The Kier molecular flexibility index (Phi) is 6.82. The molecule has 2 unspecified atom stereocenters. The molecule has 3 rings (SSSR count). The van der Waals surface area contributed by atoms with Crippen molar-refractivity contribution in [2.45, 2.75) is 57.0 Å². The molecule has 6 nitrogen and oxygen atoms in total. The summed E-state index contributed by atoms with van der Waals surface area (Å²) in [5, 5.41) is 8.23. The van der Waals surface area contributed by atoms with Crippen molar-refractivity contribution >= 4 is 5.91 Å². The molecule has 0 N–H and O–H groups in total. The van der Waals surface area contributed by atoms with E-state index in [0.29, 0.717) is 25.9 Å². The molecule has 1 fully saturated rings. The van der Waals surface area contributed by atoms with Crippen LogP contribution in [0.2, 0.25) is 0 Å². The molecule has 1 aromatic rings. The largest absolute Gasteiger partial charge is 0.373 e. The lowest BCUT2D eigenvalue weighted by atomic mass is 10.0. The van der Waals surface area contributed by atoms with E-state index in [1.807, 2.05) is 18.0 Å². The minimum Gasteiger partial charge on any atom is -0.373 e. The first-order valence-corrected chi connectivity index (χ1v) is 10.0. The number of ether oxygens (including phenoxy) is 1. The Morgan fingerprint density at radius 3 is 2.82 bits per heavy atom. The smallest absolute Gasteiger partial charge is 0.222 e. The third kappa shape index (κ3) is 5.40. The van der Waals surface area contributed by atoms with Gasteiger partial charge in [0.05, 0.1) is 18.8 Å². The highest BCUT2D eigenvalue weighted by Crippen LogP contribution is 2.37. The quantitative estimate of drug-likeness (QED) is 0.617. The number of hydrogen-bond donors (Lipinski definition) is 0. The van der Waals surface area contributed by atoms with Crippen LogP contribution in [0.25, 0.3) is 0 Å². The first-order chi connectivity index (χ1) is 13.5. The molecule has 2 heterocycles. The SMILES string of the molecule is C#CCCC1(CCC(=O)N(C)C(C)C2CN(Cc3ccccc3)CCO2)N=N1. The van der Waals surface area contributed by atoms with Crippen molar-refractivity contribution < 1.29 is 9.53 Å². The maximum Gasteiger partial charge on any atom is 0.222 e. The summed E-state index contributed by atoms with van der Waals surface area (Å²) in [6.07, 6.45) is 7.77. The molecule has 1 amide bonds. The second kappa shape index (κ2) is 9.31. The van der Waals surface area contributed by atoms with Gasteiger partial charge in [-0.05, 0) is 12.5 Å². The van der Waals surface area contributed by atoms with E-state index in [2.05, 4.69) is 52.2 Å². The lowest BCUT2D eigenvalue weighted by molar-refractivity contribution is -0.137. The van der Waals surface area contributed by atoms with E-state index in [0.717, 1.165) is 26.1 Å². The maximum absolute atomic E-state index is 12.7. The molecule has 0 aliphatic carbocycles. The van der Waals surface area contributed by atoms with Gasteiger partial charge in [-0.15, -0.1) is 12.3 Å². The maximum atomic E-state index is 12.7. The van der Waals surface area contributed by atoms with E-state index in [9.17, 15) is 4.79 Å². The average molecular weight is 383 g/mol. The van der Waals surface area contributed by atoms with Gasteiger partial charge in [-0.3, -0.25) is 9.69 Å². The Morgan fingerprint density at radius 1 is 1.39 bits per heavy atom. The number of likely N-dealkylation sites (N-methyl/N-ethyl adjacent to an activating group) is 1. The summed E-state index contributed by atoms with van der Waals surface area (Å²) < 4.78 is 6.00. The van der Waals surface area contributed by atoms with Crippen molar-refractivity contribution in [2.75, 3.05) is 26.7 Å². The average Bonchev–Trinajstić information content (AvgIpc) is 3.50. The molecule has 0 saturated carbocycles. The van der Waals surface area contributed by atoms with Crippen LogP contribution in [-0.4, -0.2) is 60.3 Å². The molecule has 2 aliphatic rings. The molecule has 1 aromatic carbocycles. The summed E-state index contributed by atoms with van der Waals surface area (Å²) in [5.74, 6) is 2.73. The van der Waals surface area contributed by atoms with Crippen LogP contribution in [0, 0.1) is 12.3 Å². The van der Waals surface area contributed by atoms with Gasteiger partial charge in [0.15, 0.2) is 5.66 Å². The minimum absolute atomic E-state index is 0.0112. The van der Waals surface area contributed by atoms with Gasteiger partial charge in [0.1, 0.15) is 0 Å². The molecular weight excluding hydrogens is 352 g/mol. The van der Waals surface area contributed by atoms with E-state index in [1.54, 1.807) is 0 Å². The Bertz CT molecular complexity index is 722. The number of rotatable bonds is 9. The molecule has 1 saturated heterocycles. The van der Waals surface area contributed by atoms with Crippen LogP contribution in [0.4, 0.5) is 0 Å². The lowest BCUT2D eigenvalue weighted by Gasteiger charge is -2.39. The molecule has 0 aromatic heterocycles. The normalized spacial score (nSPS) is 21.7. The van der Waals surface area contributed by atoms with Crippen molar-refractivity contribution in [2.24, 2.45) is 10.2 Å². The molecule has 150 valence electrons. The van der Waals surface area contributed by atoms with E-state index in [1.165, 1.54) is 5.56 Å². The fraction of sp³-hybridized carbons (Fsp3) is 0.591. The first kappa shape index (κ1) is 20.5. The molecule has 0 radical (unpaired) electrons. The molecule has 2 atom stereocenters. The van der Waals surface area contributed by atoms with Gasteiger partial charge in [-0.2, -0.15) is 10.2 Å². The fourth-order valence-electron chi connectivity index (χ4n) is 3.64. The number of benzene rings is 1. The molecule has 0 bridgehead atoms. The van der Waals surface area contributed by atoms with Crippen molar-refractivity contribution in [3.8, 4) is 12.3 Å². The van der Waals surface area contributed by atoms with Gasteiger partial charge in [0, 0.05) is 52.4 Å². The van der Waals surface area contributed by atoms with Gasteiger partial charge in [0.2, 0.25) is 5.91 Å². The predicted octanol–water partition coefficient (Wildman–Crippen LogP) is 3.09. The van der Waals surface area contributed by atoms with Crippen molar-refractivity contribution in [3.05, 3.63) is 35.9 Å². The number of carbonyl (C=O) groups excluding carboxylic acids is 1. The first-order valence-electron chi connectivity index (χ1n) is 10.0. The zero-order valence-corrected chi connectivity index (χ0v) is 16.9. The van der Waals surface area contributed by atoms with E-state index in [-0.39, 0.29) is 18.1 Å².